The number of anilines is 1. The molecule has 5 heteroatoms. The maximum Gasteiger partial charge on any atom is 0.210 e. The smallest absolute Gasteiger partial charge is 0.210 e. The lowest BCUT2D eigenvalue weighted by Crippen LogP contribution is -2.17. The highest BCUT2D eigenvalue weighted by Gasteiger charge is 2.19. The second kappa shape index (κ2) is 5.79. The van der Waals surface area contributed by atoms with Crippen molar-refractivity contribution in [1.29, 1.82) is 0 Å². The van der Waals surface area contributed by atoms with Gasteiger partial charge in [-0.2, -0.15) is 0 Å². The normalized spacial score (nSPS) is 15.4. The van der Waals surface area contributed by atoms with Crippen LogP contribution in [0.5, 0.6) is 0 Å². The Morgan fingerprint density at radius 3 is 2.75 bits per heavy atom. The van der Waals surface area contributed by atoms with E-state index in [1.807, 2.05) is 6.07 Å². The summed E-state index contributed by atoms with van der Waals surface area (Å²) in [6.45, 7) is 2.02. The molecule has 0 radical (unpaired) electrons. The van der Waals surface area contributed by atoms with Crippen LogP contribution in [-0.2, 0) is 0 Å². The van der Waals surface area contributed by atoms with Crippen molar-refractivity contribution in [2.24, 2.45) is 4.99 Å². The minimum Gasteiger partial charge on any atom is -0.438 e. The Bertz CT molecular complexity index is 633. The number of nitrogens with zero attached hydrogens (tertiary/aromatic N) is 2. The largest absolute Gasteiger partial charge is 0.438 e. The zero-order chi connectivity index (χ0) is 13.9. The summed E-state index contributed by atoms with van der Waals surface area (Å²) in [6.07, 6.45) is 3.92. The van der Waals surface area contributed by atoms with Gasteiger partial charge >= 0.3 is 0 Å². The third-order valence-corrected chi connectivity index (χ3v) is 3.83. The molecular weight excluding hydrogens is 323 g/mol. The SMILES string of the molecule is Fc1ccccc1N=Cc1cc(Br)c(N2CCCC2)o1. The maximum absolute atomic E-state index is 13.5. The van der Waals surface area contributed by atoms with E-state index in [1.54, 1.807) is 24.4 Å². The lowest BCUT2D eigenvalue weighted by Gasteiger charge is -2.13. The van der Waals surface area contributed by atoms with Crippen molar-refractivity contribution in [2.45, 2.75) is 12.8 Å². The first-order valence-electron chi connectivity index (χ1n) is 6.57. The van der Waals surface area contributed by atoms with Gasteiger partial charge in [-0.25, -0.2) is 9.38 Å². The molecule has 0 amide bonds. The van der Waals surface area contributed by atoms with Crippen LogP contribution in [0.2, 0.25) is 0 Å². The average molecular weight is 337 g/mol. The van der Waals surface area contributed by atoms with E-state index in [4.69, 9.17) is 4.42 Å². The lowest BCUT2D eigenvalue weighted by molar-refractivity contribution is 0.549. The first-order chi connectivity index (χ1) is 9.74. The van der Waals surface area contributed by atoms with Gasteiger partial charge < -0.3 is 9.32 Å². The fourth-order valence-corrected chi connectivity index (χ4v) is 2.82. The highest BCUT2D eigenvalue weighted by molar-refractivity contribution is 9.10. The summed E-state index contributed by atoms with van der Waals surface area (Å²) in [7, 11) is 0. The topological polar surface area (TPSA) is 28.7 Å². The molecule has 1 saturated heterocycles. The second-order valence-corrected chi connectivity index (χ2v) is 5.56. The first kappa shape index (κ1) is 13.4. The van der Waals surface area contributed by atoms with E-state index in [0.29, 0.717) is 11.4 Å². The van der Waals surface area contributed by atoms with Gasteiger partial charge in [0.1, 0.15) is 11.6 Å². The predicted molar refractivity (Wildman–Crippen MR) is 81.5 cm³/mol. The summed E-state index contributed by atoms with van der Waals surface area (Å²) in [4.78, 5) is 6.32. The molecule has 0 aliphatic carbocycles. The molecular formula is C15H14BrFN2O. The van der Waals surface area contributed by atoms with Crippen molar-refractivity contribution in [2.75, 3.05) is 18.0 Å². The van der Waals surface area contributed by atoms with Crippen molar-refractivity contribution in [1.82, 2.24) is 0 Å². The Morgan fingerprint density at radius 1 is 1.25 bits per heavy atom. The van der Waals surface area contributed by atoms with Crippen molar-refractivity contribution in [3.05, 3.63) is 46.4 Å². The van der Waals surface area contributed by atoms with E-state index >= 15 is 0 Å². The molecule has 0 unspecified atom stereocenters. The second-order valence-electron chi connectivity index (χ2n) is 4.71. The number of hydrogen-bond acceptors (Lipinski definition) is 3. The number of halogens is 2. The molecule has 0 N–H and O–H groups in total. The van der Waals surface area contributed by atoms with Crippen LogP contribution in [0.15, 0.2) is 44.2 Å². The Morgan fingerprint density at radius 2 is 2.00 bits per heavy atom. The van der Waals surface area contributed by atoms with Crippen molar-refractivity contribution in [3.8, 4) is 0 Å². The summed E-state index contributed by atoms with van der Waals surface area (Å²) in [5, 5.41) is 0. The van der Waals surface area contributed by atoms with Crippen molar-refractivity contribution < 1.29 is 8.81 Å². The van der Waals surface area contributed by atoms with E-state index in [9.17, 15) is 4.39 Å². The molecule has 1 aliphatic heterocycles. The van der Waals surface area contributed by atoms with Gasteiger partial charge in [0.15, 0.2) is 0 Å². The van der Waals surface area contributed by atoms with E-state index in [0.717, 1.165) is 23.4 Å². The van der Waals surface area contributed by atoms with Crippen LogP contribution >= 0.6 is 15.9 Å². The van der Waals surface area contributed by atoms with Gasteiger partial charge in [0.05, 0.1) is 16.4 Å². The van der Waals surface area contributed by atoms with Crippen LogP contribution in [0.4, 0.5) is 16.0 Å². The zero-order valence-corrected chi connectivity index (χ0v) is 12.4. The van der Waals surface area contributed by atoms with Gasteiger partial charge in [-0.15, -0.1) is 0 Å². The number of hydrogen-bond donors (Lipinski definition) is 0. The summed E-state index contributed by atoms with van der Waals surface area (Å²) in [5.74, 6) is 1.11. The molecule has 1 fully saturated rings. The fraction of sp³-hybridized carbons (Fsp3) is 0.267. The molecule has 3 rings (SSSR count). The van der Waals surface area contributed by atoms with Gasteiger partial charge in [-0.1, -0.05) is 12.1 Å². The van der Waals surface area contributed by atoms with E-state index < -0.39 is 0 Å². The van der Waals surface area contributed by atoms with Crippen LogP contribution in [0.1, 0.15) is 18.6 Å². The minimum absolute atomic E-state index is 0.308. The number of benzene rings is 1. The number of para-hydroxylation sites is 1. The summed E-state index contributed by atoms with van der Waals surface area (Å²) in [6, 6.07) is 8.27. The molecule has 2 aromatic rings. The molecule has 0 spiro atoms. The first-order valence-corrected chi connectivity index (χ1v) is 7.36. The summed E-state index contributed by atoms with van der Waals surface area (Å²) < 4.78 is 20.1. The fourth-order valence-electron chi connectivity index (χ4n) is 2.27. The number of furan rings is 1. The molecule has 104 valence electrons. The van der Waals surface area contributed by atoms with Crippen LogP contribution in [0.3, 0.4) is 0 Å². The van der Waals surface area contributed by atoms with E-state index in [1.165, 1.54) is 18.9 Å². The highest BCUT2D eigenvalue weighted by Crippen LogP contribution is 2.32. The Hall–Kier alpha value is -1.62. The van der Waals surface area contributed by atoms with Gasteiger partial charge in [-0.05, 0) is 40.9 Å². The minimum atomic E-state index is -0.339. The van der Waals surface area contributed by atoms with Crippen LogP contribution < -0.4 is 4.90 Å². The summed E-state index contributed by atoms with van der Waals surface area (Å²) in [5.41, 5.74) is 0.308. The molecule has 1 aliphatic rings. The molecule has 3 nitrogen and oxygen atoms in total. The predicted octanol–water partition coefficient (Wildman–Crippen LogP) is 4.53. The van der Waals surface area contributed by atoms with Gasteiger partial charge in [0.2, 0.25) is 5.88 Å². The van der Waals surface area contributed by atoms with Crippen LogP contribution in [0, 0.1) is 5.82 Å². The molecule has 0 saturated carbocycles. The molecule has 0 atom stereocenters. The molecule has 1 aromatic heterocycles. The molecule has 20 heavy (non-hydrogen) atoms. The Balaban J connectivity index is 1.81. The number of aliphatic imine (C=N–C) groups is 1. The Labute approximate surface area is 125 Å². The zero-order valence-electron chi connectivity index (χ0n) is 10.9. The Kier molecular flexibility index (Phi) is 3.87. The summed E-state index contributed by atoms with van der Waals surface area (Å²) >= 11 is 3.50. The average Bonchev–Trinajstić information content (AvgIpc) is 3.07. The van der Waals surface area contributed by atoms with Crippen LogP contribution in [0.25, 0.3) is 0 Å². The number of rotatable bonds is 3. The maximum atomic E-state index is 13.5. The monoisotopic (exact) mass is 336 g/mol. The molecule has 2 heterocycles. The van der Waals surface area contributed by atoms with Crippen molar-refractivity contribution >= 4 is 33.7 Å². The highest BCUT2D eigenvalue weighted by atomic mass is 79.9. The van der Waals surface area contributed by atoms with Crippen LogP contribution in [-0.4, -0.2) is 19.3 Å². The third kappa shape index (κ3) is 2.77. The van der Waals surface area contributed by atoms with E-state index in [2.05, 4.69) is 25.8 Å². The quantitative estimate of drug-likeness (QED) is 0.770. The standard InChI is InChI=1S/C15H14BrFN2O/c16-12-9-11(20-15(12)19-7-3-4-8-19)10-18-14-6-2-1-5-13(14)17/h1-2,5-6,9-10H,3-4,7-8H2. The van der Waals surface area contributed by atoms with Gasteiger partial charge in [-0.3, -0.25) is 0 Å². The molecule has 1 aromatic carbocycles. The third-order valence-electron chi connectivity index (χ3n) is 3.26. The van der Waals surface area contributed by atoms with Gasteiger partial charge in [0, 0.05) is 19.2 Å². The van der Waals surface area contributed by atoms with E-state index in [-0.39, 0.29) is 5.82 Å². The lowest BCUT2D eigenvalue weighted by atomic mass is 10.3. The van der Waals surface area contributed by atoms with Gasteiger partial charge in [0.25, 0.3) is 0 Å². The van der Waals surface area contributed by atoms with Crippen molar-refractivity contribution in [3.63, 3.8) is 0 Å². The molecule has 0 bridgehead atoms.